The summed E-state index contributed by atoms with van der Waals surface area (Å²) in [5.41, 5.74) is 10.1. The molecule has 5 nitrogen and oxygen atoms in total. The quantitative estimate of drug-likeness (QED) is 0.182. The first-order valence-electron chi connectivity index (χ1n) is 18.5. The van der Waals surface area contributed by atoms with Crippen molar-refractivity contribution in [3.05, 3.63) is 164 Å². The molecule has 1 aliphatic carbocycles. The first-order chi connectivity index (χ1) is 27.3. The van der Waals surface area contributed by atoms with Crippen LogP contribution in [-0.4, -0.2) is 24.1 Å². The van der Waals surface area contributed by atoms with Crippen molar-refractivity contribution < 1.29 is 0 Å². The molecular formula is C49H27N5S. The van der Waals surface area contributed by atoms with E-state index in [2.05, 4.69) is 137 Å². The zero-order chi connectivity index (χ0) is 35.8. The van der Waals surface area contributed by atoms with Crippen LogP contribution in [0.3, 0.4) is 0 Å². The van der Waals surface area contributed by atoms with Crippen LogP contribution < -0.4 is 0 Å². The number of rotatable bonds is 4. The van der Waals surface area contributed by atoms with Crippen LogP contribution in [0, 0.1) is 0 Å². The van der Waals surface area contributed by atoms with E-state index in [9.17, 15) is 0 Å². The molecule has 55 heavy (non-hydrogen) atoms. The molecule has 4 heterocycles. The molecule has 0 amide bonds. The fourth-order valence-corrected chi connectivity index (χ4v) is 10.3. The van der Waals surface area contributed by atoms with E-state index in [1.807, 2.05) is 47.7 Å². The highest BCUT2D eigenvalue weighted by atomic mass is 32.1. The van der Waals surface area contributed by atoms with E-state index in [4.69, 9.17) is 15.0 Å². The standard InChI is InChI=1S/C49H27N5S/c1-3-11-29(12-4-1)47-50-48(30-13-5-2-6-14-30)52-49(51-47)54-37-19-10-17-34-33-16-9-18-36-43(33)45-38(24-21-28-22-25-39(54)46(42(28)45)44(34)37)53(36)31-23-26-41-35(27-31)32-15-7-8-20-40(32)55-41/h1-27H. The summed E-state index contributed by atoms with van der Waals surface area (Å²) in [6.07, 6.45) is 0. The van der Waals surface area contributed by atoms with Crippen molar-refractivity contribution in [3.63, 3.8) is 0 Å². The van der Waals surface area contributed by atoms with Gasteiger partial charge in [0.1, 0.15) is 0 Å². The first kappa shape index (κ1) is 29.3. The molecule has 0 fully saturated rings. The van der Waals surface area contributed by atoms with Crippen molar-refractivity contribution in [2.75, 3.05) is 0 Å². The van der Waals surface area contributed by atoms with Gasteiger partial charge in [0.05, 0.1) is 22.1 Å². The largest absolute Gasteiger partial charge is 0.309 e. The molecule has 0 N–H and O–H groups in total. The van der Waals surface area contributed by atoms with Gasteiger partial charge in [0.15, 0.2) is 11.6 Å². The smallest absolute Gasteiger partial charge is 0.238 e. The Bertz CT molecular complexity index is 3540. The molecule has 1 aliphatic rings. The number of hydrogen-bond acceptors (Lipinski definition) is 4. The lowest BCUT2D eigenvalue weighted by Crippen LogP contribution is -2.06. The van der Waals surface area contributed by atoms with Crippen LogP contribution in [0.1, 0.15) is 0 Å². The Morgan fingerprint density at radius 1 is 0.382 bits per heavy atom. The lowest BCUT2D eigenvalue weighted by atomic mass is 9.98. The van der Waals surface area contributed by atoms with Gasteiger partial charge in [0, 0.05) is 63.9 Å². The van der Waals surface area contributed by atoms with E-state index in [0.29, 0.717) is 17.6 Å². The molecule has 0 bridgehead atoms. The zero-order valence-corrected chi connectivity index (χ0v) is 30.0. The second-order valence-corrected chi connectivity index (χ2v) is 15.5. The fourth-order valence-electron chi connectivity index (χ4n) is 9.21. The minimum Gasteiger partial charge on any atom is -0.309 e. The molecule has 0 atom stereocenters. The Kier molecular flexibility index (Phi) is 5.71. The van der Waals surface area contributed by atoms with Gasteiger partial charge in [-0.05, 0) is 65.0 Å². The number of fused-ring (bicyclic) bond motifs is 4. The van der Waals surface area contributed by atoms with Gasteiger partial charge in [-0.1, -0.05) is 115 Å². The average molecular weight is 718 g/mol. The molecular weight excluding hydrogens is 691 g/mol. The van der Waals surface area contributed by atoms with Gasteiger partial charge in [0.25, 0.3) is 0 Å². The zero-order valence-electron chi connectivity index (χ0n) is 29.2. The molecule has 0 saturated heterocycles. The lowest BCUT2D eigenvalue weighted by molar-refractivity contribution is 0.953. The Morgan fingerprint density at radius 3 is 1.62 bits per heavy atom. The number of benzene rings is 8. The maximum absolute atomic E-state index is 5.22. The Labute approximate surface area is 318 Å². The molecule has 0 spiro atoms. The maximum Gasteiger partial charge on any atom is 0.238 e. The van der Waals surface area contributed by atoms with E-state index >= 15 is 0 Å². The maximum atomic E-state index is 5.22. The summed E-state index contributed by atoms with van der Waals surface area (Å²) < 4.78 is 7.36. The minimum absolute atomic E-state index is 0.601. The lowest BCUT2D eigenvalue weighted by Gasteiger charge is -2.12. The summed E-state index contributed by atoms with van der Waals surface area (Å²) in [5, 5.41) is 10.1. The van der Waals surface area contributed by atoms with Crippen LogP contribution in [0.5, 0.6) is 0 Å². The van der Waals surface area contributed by atoms with Gasteiger partial charge in [-0.2, -0.15) is 9.97 Å². The third kappa shape index (κ3) is 3.93. The number of hydrogen-bond donors (Lipinski definition) is 0. The number of nitrogens with zero attached hydrogens (tertiary/aromatic N) is 5. The van der Waals surface area contributed by atoms with Crippen molar-refractivity contribution in [2.45, 2.75) is 0 Å². The van der Waals surface area contributed by atoms with Crippen LogP contribution in [0.25, 0.3) is 120 Å². The molecule has 0 aliphatic heterocycles. The predicted molar refractivity (Wildman–Crippen MR) is 229 cm³/mol. The number of aromatic nitrogens is 5. The van der Waals surface area contributed by atoms with E-state index in [0.717, 1.165) is 22.2 Å². The van der Waals surface area contributed by atoms with Gasteiger partial charge in [-0.15, -0.1) is 11.3 Å². The highest BCUT2D eigenvalue weighted by Gasteiger charge is 2.28. The molecule has 0 radical (unpaired) electrons. The van der Waals surface area contributed by atoms with Crippen molar-refractivity contribution in [2.24, 2.45) is 0 Å². The Balaban J connectivity index is 1.16. The van der Waals surface area contributed by atoms with Crippen molar-refractivity contribution in [1.82, 2.24) is 24.1 Å². The number of thiophene rings is 1. The van der Waals surface area contributed by atoms with Gasteiger partial charge in [-0.3, -0.25) is 4.57 Å². The third-order valence-corrected chi connectivity index (χ3v) is 12.6. The molecule has 254 valence electrons. The summed E-state index contributed by atoms with van der Waals surface area (Å²) in [7, 11) is 0. The molecule has 13 rings (SSSR count). The summed E-state index contributed by atoms with van der Waals surface area (Å²) in [6.45, 7) is 0. The van der Waals surface area contributed by atoms with Crippen molar-refractivity contribution >= 4 is 85.9 Å². The van der Waals surface area contributed by atoms with Crippen LogP contribution in [0.4, 0.5) is 0 Å². The van der Waals surface area contributed by atoms with Crippen molar-refractivity contribution in [3.8, 4) is 45.5 Å². The fraction of sp³-hybridized carbons (Fsp3) is 0. The highest BCUT2D eigenvalue weighted by Crippen LogP contribution is 2.51. The van der Waals surface area contributed by atoms with E-state index in [1.54, 1.807) is 0 Å². The third-order valence-electron chi connectivity index (χ3n) is 11.5. The molecule has 0 unspecified atom stereocenters. The summed E-state index contributed by atoms with van der Waals surface area (Å²) in [5.74, 6) is 1.89. The van der Waals surface area contributed by atoms with E-state index in [-0.39, 0.29) is 0 Å². The van der Waals surface area contributed by atoms with E-state index < -0.39 is 0 Å². The second kappa shape index (κ2) is 10.7. The van der Waals surface area contributed by atoms with Gasteiger partial charge >= 0.3 is 0 Å². The predicted octanol–water partition coefficient (Wildman–Crippen LogP) is 12.9. The van der Waals surface area contributed by atoms with Crippen LogP contribution in [0.2, 0.25) is 0 Å². The average Bonchev–Trinajstić information content (AvgIpc) is 3.88. The summed E-state index contributed by atoms with van der Waals surface area (Å²) in [4.78, 5) is 15.5. The van der Waals surface area contributed by atoms with Crippen LogP contribution in [0.15, 0.2) is 164 Å². The Hall–Kier alpha value is -7.15. The Morgan fingerprint density at radius 2 is 0.945 bits per heavy atom. The van der Waals surface area contributed by atoms with Gasteiger partial charge in [0.2, 0.25) is 5.95 Å². The topological polar surface area (TPSA) is 48.5 Å². The van der Waals surface area contributed by atoms with Gasteiger partial charge < -0.3 is 4.57 Å². The molecule has 8 aromatic carbocycles. The second-order valence-electron chi connectivity index (χ2n) is 14.4. The van der Waals surface area contributed by atoms with E-state index in [1.165, 1.54) is 80.3 Å². The molecule has 0 saturated carbocycles. The van der Waals surface area contributed by atoms with Crippen LogP contribution >= 0.6 is 11.3 Å². The summed E-state index contributed by atoms with van der Waals surface area (Å²) in [6, 6.07) is 58.7. The molecule has 12 aromatic rings. The van der Waals surface area contributed by atoms with Crippen molar-refractivity contribution in [1.29, 1.82) is 0 Å². The normalized spacial score (nSPS) is 12.4. The minimum atomic E-state index is 0.601. The van der Waals surface area contributed by atoms with Crippen LogP contribution in [-0.2, 0) is 0 Å². The highest BCUT2D eigenvalue weighted by molar-refractivity contribution is 7.25. The first-order valence-corrected chi connectivity index (χ1v) is 19.4. The SMILES string of the molecule is c1ccc(-c2nc(-c3ccccc3)nc(-n3c4cccc5c4c4c6c(ccc7c6c6c-5cccc6n7-c5ccc6sc7ccccc7c6c5)ccc43)n2)cc1. The summed E-state index contributed by atoms with van der Waals surface area (Å²) >= 11 is 1.86. The monoisotopic (exact) mass is 717 g/mol. The molecule has 6 heteroatoms. The van der Waals surface area contributed by atoms with Gasteiger partial charge in [-0.25, -0.2) is 4.98 Å². The molecule has 4 aromatic heterocycles.